The van der Waals surface area contributed by atoms with Gasteiger partial charge in [0.25, 0.3) is 0 Å². The third kappa shape index (κ3) is 5.22. The van der Waals surface area contributed by atoms with Crippen molar-refractivity contribution in [3.8, 4) is 0 Å². The summed E-state index contributed by atoms with van der Waals surface area (Å²) < 4.78 is 0. The molecule has 0 radical (unpaired) electrons. The first-order valence-corrected chi connectivity index (χ1v) is 8.47. The fraction of sp³-hybridized carbons (Fsp3) is 0.727. The van der Waals surface area contributed by atoms with E-state index < -0.39 is 8.24 Å². The second-order valence-electron chi connectivity index (χ2n) is 4.84. The predicted octanol–water partition coefficient (Wildman–Crippen LogP) is 2.93. The van der Waals surface area contributed by atoms with Gasteiger partial charge in [-0.2, -0.15) is 0 Å². The standard InChI is InChI=1S/C11H23NOSi/c1-7-10(4)8-14(5,6)12-11(13)9(2)3/h10H,2,7-8H2,1,3-6H3,(H,12,13). The minimum absolute atomic E-state index is 0.0185. The van der Waals surface area contributed by atoms with Crippen LogP contribution < -0.4 is 4.98 Å². The minimum atomic E-state index is -1.57. The highest BCUT2D eigenvalue weighted by Gasteiger charge is 2.25. The van der Waals surface area contributed by atoms with Crippen LogP contribution in [0.2, 0.25) is 19.1 Å². The van der Waals surface area contributed by atoms with Gasteiger partial charge < -0.3 is 4.98 Å². The first-order valence-electron chi connectivity index (χ1n) is 5.26. The van der Waals surface area contributed by atoms with E-state index in [2.05, 4.69) is 38.5 Å². The maximum absolute atomic E-state index is 11.5. The lowest BCUT2D eigenvalue weighted by Crippen LogP contribution is -2.49. The number of hydrogen-bond acceptors (Lipinski definition) is 1. The second kappa shape index (κ2) is 5.34. The van der Waals surface area contributed by atoms with E-state index in [1.54, 1.807) is 6.92 Å². The van der Waals surface area contributed by atoms with Gasteiger partial charge in [0.15, 0.2) is 8.24 Å². The Hall–Kier alpha value is -0.573. The van der Waals surface area contributed by atoms with Crippen molar-refractivity contribution in [3.63, 3.8) is 0 Å². The lowest BCUT2D eigenvalue weighted by Gasteiger charge is -2.26. The molecule has 0 aliphatic carbocycles. The molecule has 3 heteroatoms. The van der Waals surface area contributed by atoms with Gasteiger partial charge >= 0.3 is 0 Å². The fourth-order valence-electron chi connectivity index (χ4n) is 1.48. The zero-order valence-electron chi connectivity index (χ0n) is 10.1. The summed E-state index contributed by atoms with van der Waals surface area (Å²) in [6, 6.07) is 1.14. The van der Waals surface area contributed by atoms with Crippen LogP contribution >= 0.6 is 0 Å². The Morgan fingerprint density at radius 3 is 2.36 bits per heavy atom. The Balaban J connectivity index is 4.19. The SMILES string of the molecule is C=C(C)C(=O)N[Si](C)(C)CC(C)CC. The minimum Gasteiger partial charge on any atom is -0.378 e. The van der Waals surface area contributed by atoms with Crippen LogP contribution in [0.25, 0.3) is 0 Å². The van der Waals surface area contributed by atoms with Crippen LogP contribution in [0.3, 0.4) is 0 Å². The molecule has 0 aromatic rings. The van der Waals surface area contributed by atoms with Gasteiger partial charge in [0.1, 0.15) is 0 Å². The molecular formula is C11H23NOSi. The highest BCUT2D eigenvalue weighted by atomic mass is 28.3. The molecule has 0 aromatic heterocycles. The highest BCUT2D eigenvalue weighted by molar-refractivity contribution is 6.77. The predicted molar refractivity (Wildman–Crippen MR) is 64.7 cm³/mol. The maximum Gasteiger partial charge on any atom is 0.238 e. The summed E-state index contributed by atoms with van der Waals surface area (Å²) in [7, 11) is -1.57. The van der Waals surface area contributed by atoms with Crippen molar-refractivity contribution in [3.05, 3.63) is 12.2 Å². The molecule has 0 spiro atoms. The number of carbonyl (C=O) groups is 1. The van der Waals surface area contributed by atoms with Crippen LogP contribution in [0.1, 0.15) is 27.2 Å². The zero-order valence-corrected chi connectivity index (χ0v) is 11.1. The van der Waals surface area contributed by atoms with Crippen LogP contribution in [0, 0.1) is 5.92 Å². The van der Waals surface area contributed by atoms with Gasteiger partial charge in [-0.15, -0.1) is 0 Å². The van der Waals surface area contributed by atoms with Gasteiger partial charge in [-0.25, -0.2) is 0 Å². The van der Waals surface area contributed by atoms with Crippen molar-refractivity contribution < 1.29 is 4.79 Å². The van der Waals surface area contributed by atoms with Crippen molar-refractivity contribution in [2.24, 2.45) is 5.92 Å². The van der Waals surface area contributed by atoms with Crippen molar-refractivity contribution in [2.45, 2.75) is 46.3 Å². The number of nitrogens with one attached hydrogen (secondary N) is 1. The van der Waals surface area contributed by atoms with E-state index >= 15 is 0 Å². The number of amides is 1. The molecule has 2 nitrogen and oxygen atoms in total. The Morgan fingerprint density at radius 2 is 2.00 bits per heavy atom. The smallest absolute Gasteiger partial charge is 0.238 e. The summed E-state index contributed by atoms with van der Waals surface area (Å²) in [5, 5.41) is 0. The van der Waals surface area contributed by atoms with E-state index in [4.69, 9.17) is 0 Å². The Kier molecular flexibility index (Phi) is 5.12. The molecule has 82 valence electrons. The average molecular weight is 213 g/mol. The summed E-state index contributed by atoms with van der Waals surface area (Å²) in [5.74, 6) is 0.715. The van der Waals surface area contributed by atoms with Crippen molar-refractivity contribution in [1.82, 2.24) is 4.98 Å². The largest absolute Gasteiger partial charge is 0.378 e. The molecule has 1 N–H and O–H groups in total. The third-order valence-electron chi connectivity index (χ3n) is 2.40. The number of hydrogen-bond donors (Lipinski definition) is 1. The molecule has 0 rings (SSSR count). The van der Waals surface area contributed by atoms with E-state index in [0.717, 1.165) is 6.04 Å². The summed E-state index contributed by atoms with van der Waals surface area (Å²) >= 11 is 0. The summed E-state index contributed by atoms with van der Waals surface area (Å²) in [6.45, 7) is 14.2. The molecule has 0 saturated heterocycles. The van der Waals surface area contributed by atoms with Crippen LogP contribution in [-0.2, 0) is 4.79 Å². The highest BCUT2D eigenvalue weighted by Crippen LogP contribution is 2.17. The van der Waals surface area contributed by atoms with Crippen LogP contribution in [0.5, 0.6) is 0 Å². The second-order valence-corrected chi connectivity index (χ2v) is 9.26. The van der Waals surface area contributed by atoms with Crippen molar-refractivity contribution in [1.29, 1.82) is 0 Å². The molecular weight excluding hydrogens is 190 g/mol. The molecule has 0 heterocycles. The van der Waals surface area contributed by atoms with Gasteiger partial charge in [-0.3, -0.25) is 4.79 Å². The number of rotatable bonds is 5. The molecule has 0 aliphatic rings. The quantitative estimate of drug-likeness (QED) is 0.552. The molecule has 14 heavy (non-hydrogen) atoms. The van der Waals surface area contributed by atoms with Gasteiger partial charge in [-0.05, 0) is 18.9 Å². The number of carbonyl (C=O) groups excluding carboxylic acids is 1. The summed E-state index contributed by atoms with van der Waals surface area (Å²) in [5.41, 5.74) is 0.606. The Bertz CT molecular complexity index is 223. The Morgan fingerprint density at radius 1 is 1.50 bits per heavy atom. The van der Waals surface area contributed by atoms with Gasteiger partial charge in [0, 0.05) is 5.57 Å². The molecule has 0 fully saturated rings. The first kappa shape index (κ1) is 13.4. The summed E-state index contributed by atoms with van der Waals surface area (Å²) in [4.78, 5) is 14.6. The van der Waals surface area contributed by atoms with Gasteiger partial charge in [0.2, 0.25) is 5.91 Å². The Labute approximate surface area is 88.9 Å². The third-order valence-corrected chi connectivity index (χ3v) is 5.02. The molecule has 0 saturated carbocycles. The normalized spacial score (nSPS) is 13.5. The zero-order chi connectivity index (χ0) is 11.4. The molecule has 1 unspecified atom stereocenters. The van der Waals surface area contributed by atoms with Crippen molar-refractivity contribution >= 4 is 14.1 Å². The molecule has 1 amide bonds. The summed E-state index contributed by atoms with van der Waals surface area (Å²) in [6.07, 6.45) is 1.18. The molecule has 0 aromatic carbocycles. The average Bonchev–Trinajstić information content (AvgIpc) is 2.02. The van der Waals surface area contributed by atoms with E-state index in [9.17, 15) is 4.79 Å². The lowest BCUT2D eigenvalue weighted by molar-refractivity contribution is -0.116. The topological polar surface area (TPSA) is 29.1 Å². The molecule has 0 aliphatic heterocycles. The van der Waals surface area contributed by atoms with Crippen molar-refractivity contribution in [2.75, 3.05) is 0 Å². The van der Waals surface area contributed by atoms with Crippen LogP contribution in [-0.4, -0.2) is 14.1 Å². The fourth-order valence-corrected chi connectivity index (χ4v) is 4.44. The monoisotopic (exact) mass is 213 g/mol. The van der Waals surface area contributed by atoms with E-state index in [1.165, 1.54) is 6.42 Å². The lowest BCUT2D eigenvalue weighted by atomic mass is 10.2. The van der Waals surface area contributed by atoms with Crippen LogP contribution in [0.4, 0.5) is 0 Å². The maximum atomic E-state index is 11.5. The van der Waals surface area contributed by atoms with Crippen LogP contribution in [0.15, 0.2) is 12.2 Å². The van der Waals surface area contributed by atoms with Gasteiger partial charge in [-0.1, -0.05) is 39.9 Å². The molecule has 1 atom stereocenters. The van der Waals surface area contributed by atoms with E-state index in [0.29, 0.717) is 11.5 Å². The molecule has 0 bridgehead atoms. The first-order chi connectivity index (χ1) is 6.28. The van der Waals surface area contributed by atoms with E-state index in [-0.39, 0.29) is 5.91 Å². The van der Waals surface area contributed by atoms with E-state index in [1.807, 2.05) is 0 Å². The van der Waals surface area contributed by atoms with Gasteiger partial charge in [0.05, 0.1) is 0 Å².